The molecule has 4 rings (SSSR count). The molecule has 0 bridgehead atoms. The highest BCUT2D eigenvalue weighted by Crippen LogP contribution is 2.31. The van der Waals surface area contributed by atoms with Gasteiger partial charge in [-0.1, -0.05) is 43.3 Å². The molecule has 10 heteroatoms. The second-order valence-electron chi connectivity index (χ2n) is 8.31. The van der Waals surface area contributed by atoms with Crippen LogP contribution in [0.15, 0.2) is 41.2 Å². The maximum atomic E-state index is 12.3. The summed E-state index contributed by atoms with van der Waals surface area (Å²) in [6.45, 7) is 6.41. The molecule has 0 radical (unpaired) electrons. The minimum Gasteiger partial charge on any atom is -0.387 e. The summed E-state index contributed by atoms with van der Waals surface area (Å²) in [5.74, 6) is 1.15. The topological polar surface area (TPSA) is 118 Å². The number of urea groups is 1. The Morgan fingerprint density at radius 1 is 1.12 bits per heavy atom. The fourth-order valence-electron chi connectivity index (χ4n) is 2.98. The third-order valence-corrected chi connectivity index (χ3v) is 5.65. The van der Waals surface area contributed by atoms with Crippen LogP contribution >= 0.6 is 11.3 Å². The number of carbonyl (C=O) groups excluding carboxylic acids is 1. The molecular weight excluding hydrogens is 426 g/mol. The summed E-state index contributed by atoms with van der Waals surface area (Å²) in [6.07, 6.45) is 4.08. The summed E-state index contributed by atoms with van der Waals surface area (Å²) in [6, 6.07) is 7.71. The van der Waals surface area contributed by atoms with Crippen LogP contribution in [0.5, 0.6) is 0 Å². The van der Waals surface area contributed by atoms with Crippen molar-refractivity contribution in [2.75, 3.05) is 24.2 Å². The summed E-state index contributed by atoms with van der Waals surface area (Å²) in [5, 5.41) is 13.2. The largest absolute Gasteiger partial charge is 0.387 e. The van der Waals surface area contributed by atoms with Gasteiger partial charge in [-0.2, -0.15) is 4.98 Å². The van der Waals surface area contributed by atoms with E-state index in [4.69, 9.17) is 4.52 Å². The van der Waals surface area contributed by atoms with Crippen molar-refractivity contribution in [2.45, 2.75) is 32.6 Å². The van der Waals surface area contributed by atoms with Crippen molar-refractivity contribution < 1.29 is 9.32 Å². The van der Waals surface area contributed by atoms with Gasteiger partial charge < -0.3 is 15.2 Å². The lowest BCUT2D eigenvalue weighted by Gasteiger charge is -2.10. The van der Waals surface area contributed by atoms with Crippen LogP contribution in [0, 0.1) is 0 Å². The Kier molecular flexibility index (Phi) is 6.04. The van der Waals surface area contributed by atoms with Gasteiger partial charge in [0.2, 0.25) is 5.89 Å². The number of thiazole rings is 1. The van der Waals surface area contributed by atoms with Crippen LogP contribution in [0.25, 0.3) is 21.3 Å². The molecule has 3 aromatic heterocycles. The average molecular weight is 452 g/mol. The molecule has 0 atom stereocenters. The van der Waals surface area contributed by atoms with Gasteiger partial charge in [0.1, 0.15) is 0 Å². The first kappa shape index (κ1) is 21.7. The van der Waals surface area contributed by atoms with Gasteiger partial charge in [-0.15, -0.1) is 0 Å². The highest BCUT2D eigenvalue weighted by molar-refractivity contribution is 7.22. The Balaban J connectivity index is 1.36. The van der Waals surface area contributed by atoms with Gasteiger partial charge in [0, 0.05) is 43.4 Å². The van der Waals surface area contributed by atoms with Gasteiger partial charge in [0.15, 0.2) is 11.0 Å². The van der Waals surface area contributed by atoms with E-state index in [2.05, 4.69) is 42.1 Å². The third kappa shape index (κ3) is 5.02. The summed E-state index contributed by atoms with van der Waals surface area (Å²) in [7, 11) is 1.86. The fraction of sp³-hybridized carbons (Fsp3) is 0.318. The first-order chi connectivity index (χ1) is 15.3. The number of nitrogens with zero attached hydrogens (tertiary/aromatic N) is 4. The fourth-order valence-corrected chi connectivity index (χ4v) is 3.88. The average Bonchev–Trinajstić information content (AvgIpc) is 3.39. The zero-order valence-electron chi connectivity index (χ0n) is 18.4. The van der Waals surface area contributed by atoms with Gasteiger partial charge >= 0.3 is 6.03 Å². The van der Waals surface area contributed by atoms with Gasteiger partial charge in [0.05, 0.1) is 15.9 Å². The highest BCUT2D eigenvalue weighted by atomic mass is 32.1. The number of carbonyl (C=O) groups is 1. The van der Waals surface area contributed by atoms with E-state index < -0.39 is 0 Å². The number of nitrogens with one attached hydrogen (secondary N) is 3. The van der Waals surface area contributed by atoms with Gasteiger partial charge in [-0.05, 0) is 23.8 Å². The van der Waals surface area contributed by atoms with E-state index in [1.807, 2.05) is 52.2 Å². The molecular formula is C22H25N7O2S. The Hall–Kier alpha value is -3.53. The summed E-state index contributed by atoms with van der Waals surface area (Å²) < 4.78 is 6.25. The molecule has 166 valence electrons. The zero-order valence-corrected chi connectivity index (χ0v) is 19.2. The number of amides is 2. The molecule has 0 spiro atoms. The van der Waals surface area contributed by atoms with Crippen LogP contribution in [-0.4, -0.2) is 39.7 Å². The van der Waals surface area contributed by atoms with E-state index in [9.17, 15) is 4.79 Å². The molecule has 4 aromatic rings. The van der Waals surface area contributed by atoms with Crippen molar-refractivity contribution in [3.8, 4) is 11.1 Å². The number of pyridine rings is 1. The van der Waals surface area contributed by atoms with Crippen LogP contribution in [0.3, 0.4) is 0 Å². The standard InChI is InChI=1S/C22H25N7O2S/c1-22(2,3)19-27-18(29-31-19)7-8-25-20(30)28-21-26-16-6-5-13(10-17(16)32-21)14-9-15(23-4)12-24-11-14/h5-6,9-12,23H,7-8H2,1-4H3,(H2,25,26,28,30). The van der Waals surface area contributed by atoms with E-state index >= 15 is 0 Å². The van der Waals surface area contributed by atoms with Crippen molar-refractivity contribution >= 4 is 38.4 Å². The second-order valence-corrected chi connectivity index (χ2v) is 9.34. The molecule has 2 amide bonds. The SMILES string of the molecule is CNc1cncc(-c2ccc3nc(NC(=O)NCCc4noc(C(C)(C)C)n4)sc3c2)c1. The molecule has 32 heavy (non-hydrogen) atoms. The van der Waals surface area contributed by atoms with E-state index in [-0.39, 0.29) is 11.4 Å². The van der Waals surface area contributed by atoms with Crippen LogP contribution < -0.4 is 16.0 Å². The molecule has 0 saturated carbocycles. The smallest absolute Gasteiger partial charge is 0.321 e. The van der Waals surface area contributed by atoms with Crippen LogP contribution in [-0.2, 0) is 11.8 Å². The molecule has 0 aliphatic rings. The third-order valence-electron chi connectivity index (χ3n) is 4.71. The Labute approximate surface area is 189 Å². The van der Waals surface area contributed by atoms with Crippen molar-refractivity contribution in [2.24, 2.45) is 0 Å². The molecule has 0 unspecified atom stereocenters. The predicted octanol–water partition coefficient (Wildman–Crippen LogP) is 4.44. The lowest BCUT2D eigenvalue weighted by atomic mass is 9.97. The van der Waals surface area contributed by atoms with Crippen molar-refractivity contribution in [3.63, 3.8) is 0 Å². The summed E-state index contributed by atoms with van der Waals surface area (Å²) in [5.41, 5.74) is 3.62. The van der Waals surface area contributed by atoms with E-state index in [0.29, 0.717) is 29.8 Å². The minimum atomic E-state index is -0.324. The van der Waals surface area contributed by atoms with E-state index in [0.717, 1.165) is 27.0 Å². The second kappa shape index (κ2) is 8.91. The maximum Gasteiger partial charge on any atom is 0.321 e. The van der Waals surface area contributed by atoms with Crippen molar-refractivity contribution in [1.82, 2.24) is 25.4 Å². The zero-order chi connectivity index (χ0) is 22.7. The van der Waals surface area contributed by atoms with Crippen molar-refractivity contribution in [1.29, 1.82) is 0 Å². The normalized spacial score (nSPS) is 11.5. The highest BCUT2D eigenvalue weighted by Gasteiger charge is 2.21. The van der Waals surface area contributed by atoms with E-state index in [1.54, 1.807) is 6.20 Å². The lowest BCUT2D eigenvalue weighted by Crippen LogP contribution is -2.30. The Morgan fingerprint density at radius 2 is 1.97 bits per heavy atom. The maximum absolute atomic E-state index is 12.3. The number of aromatic nitrogens is 4. The molecule has 1 aromatic carbocycles. The number of hydrogen-bond acceptors (Lipinski definition) is 8. The van der Waals surface area contributed by atoms with Crippen LogP contribution in [0.2, 0.25) is 0 Å². The first-order valence-electron chi connectivity index (χ1n) is 10.2. The Bertz CT molecular complexity index is 1240. The Morgan fingerprint density at radius 3 is 2.72 bits per heavy atom. The predicted molar refractivity (Wildman–Crippen MR) is 126 cm³/mol. The first-order valence-corrected chi connectivity index (χ1v) is 11.0. The number of anilines is 2. The van der Waals surface area contributed by atoms with Gasteiger partial charge in [0.25, 0.3) is 0 Å². The van der Waals surface area contributed by atoms with Crippen molar-refractivity contribution in [3.05, 3.63) is 48.4 Å². The van der Waals surface area contributed by atoms with Gasteiger partial charge in [-0.3, -0.25) is 10.3 Å². The van der Waals surface area contributed by atoms with Gasteiger partial charge in [-0.25, -0.2) is 9.78 Å². The summed E-state index contributed by atoms with van der Waals surface area (Å²) >= 11 is 1.42. The minimum absolute atomic E-state index is 0.199. The van der Waals surface area contributed by atoms with E-state index in [1.165, 1.54) is 11.3 Å². The molecule has 3 N–H and O–H groups in total. The number of benzene rings is 1. The number of fused-ring (bicyclic) bond motifs is 1. The van der Waals surface area contributed by atoms with Crippen LogP contribution in [0.1, 0.15) is 32.5 Å². The lowest BCUT2D eigenvalue weighted by molar-refractivity contribution is 0.252. The number of rotatable bonds is 6. The molecule has 9 nitrogen and oxygen atoms in total. The molecule has 0 aliphatic heterocycles. The summed E-state index contributed by atoms with van der Waals surface area (Å²) in [4.78, 5) is 25.4. The quantitative estimate of drug-likeness (QED) is 0.396. The number of hydrogen-bond donors (Lipinski definition) is 3. The molecule has 0 aliphatic carbocycles. The molecule has 0 fully saturated rings. The monoisotopic (exact) mass is 451 g/mol. The molecule has 3 heterocycles. The van der Waals surface area contributed by atoms with Crippen LogP contribution in [0.4, 0.5) is 15.6 Å². The molecule has 0 saturated heterocycles.